The molecule has 0 spiro atoms. The quantitative estimate of drug-likeness (QED) is 0.454. The van der Waals surface area contributed by atoms with Crippen molar-refractivity contribution in [2.75, 3.05) is 6.61 Å². The minimum atomic E-state index is 0.376. The van der Waals surface area contributed by atoms with Gasteiger partial charge in [0.2, 0.25) is 0 Å². The molecular weight excluding hydrogens is 148 g/mol. The molecule has 0 radical (unpaired) electrons. The number of rotatable bonds is 4. The van der Waals surface area contributed by atoms with Crippen molar-refractivity contribution in [3.05, 3.63) is 23.9 Å². The van der Waals surface area contributed by atoms with Crippen LogP contribution < -0.4 is 0 Å². The molecule has 0 aromatic rings. The highest BCUT2D eigenvalue weighted by Crippen LogP contribution is 2.11. The highest BCUT2D eigenvalue weighted by Gasteiger charge is 1.98. The van der Waals surface area contributed by atoms with Gasteiger partial charge in [0.25, 0.3) is 0 Å². The third kappa shape index (κ3) is 4.45. The largest absolute Gasteiger partial charge is 0.492 e. The van der Waals surface area contributed by atoms with Gasteiger partial charge in [-0.3, -0.25) is 0 Å². The van der Waals surface area contributed by atoms with Crippen molar-refractivity contribution in [1.82, 2.24) is 0 Å². The van der Waals surface area contributed by atoms with E-state index in [4.69, 9.17) is 16.3 Å². The Hall–Kier alpha value is -0.430. The fraction of sp³-hybridized carbons (Fsp3) is 0.500. The first-order chi connectivity index (χ1) is 4.54. The number of hydrogen-bond donors (Lipinski definition) is 0. The zero-order valence-electron chi connectivity index (χ0n) is 6.48. The van der Waals surface area contributed by atoms with Gasteiger partial charge in [-0.25, -0.2) is 0 Å². The fourth-order valence-electron chi connectivity index (χ4n) is 0.346. The summed E-state index contributed by atoms with van der Waals surface area (Å²) in [5.41, 5.74) is 0. The van der Waals surface area contributed by atoms with Crippen LogP contribution in [0, 0.1) is 5.92 Å². The lowest BCUT2D eigenvalue weighted by Gasteiger charge is -2.08. The Morgan fingerprint density at radius 1 is 1.50 bits per heavy atom. The predicted octanol–water partition coefficient (Wildman–Crippen LogP) is 2.93. The molecule has 0 aromatic carbocycles. The first-order valence-corrected chi connectivity index (χ1v) is 3.58. The van der Waals surface area contributed by atoms with Gasteiger partial charge in [-0.15, -0.1) is 0 Å². The zero-order chi connectivity index (χ0) is 8.15. The molecule has 0 atom stereocenters. The molecule has 0 heterocycles. The lowest BCUT2D eigenvalue weighted by atomic mass is 10.2. The molecule has 1 nitrogen and oxygen atoms in total. The summed E-state index contributed by atoms with van der Waals surface area (Å²) in [6.07, 6.45) is 0. The van der Waals surface area contributed by atoms with Crippen molar-refractivity contribution in [3.63, 3.8) is 0 Å². The summed E-state index contributed by atoms with van der Waals surface area (Å²) < 4.78 is 5.14. The molecule has 2 heteroatoms. The van der Waals surface area contributed by atoms with E-state index in [1.807, 2.05) is 0 Å². The monoisotopic (exact) mass is 160 g/mol. The Morgan fingerprint density at radius 3 is 2.30 bits per heavy atom. The van der Waals surface area contributed by atoms with E-state index in [9.17, 15) is 0 Å². The van der Waals surface area contributed by atoms with Crippen LogP contribution >= 0.6 is 11.6 Å². The Balaban J connectivity index is 3.50. The standard InChI is InChI=1S/C8H13ClO/c1-6(2)5-10-8(4)7(3)9/h6H,3-5H2,1-2H3. The number of allylic oxidation sites excluding steroid dienone is 1. The van der Waals surface area contributed by atoms with Crippen LogP contribution in [0.15, 0.2) is 23.9 Å². The van der Waals surface area contributed by atoms with Crippen molar-refractivity contribution in [2.45, 2.75) is 13.8 Å². The van der Waals surface area contributed by atoms with Gasteiger partial charge in [0.15, 0.2) is 0 Å². The van der Waals surface area contributed by atoms with Gasteiger partial charge in [0, 0.05) is 0 Å². The maximum atomic E-state index is 5.49. The van der Waals surface area contributed by atoms with Gasteiger partial charge in [-0.05, 0) is 5.92 Å². The molecule has 0 aliphatic heterocycles. The van der Waals surface area contributed by atoms with Crippen LogP contribution in [-0.4, -0.2) is 6.61 Å². The summed E-state index contributed by atoms with van der Waals surface area (Å²) >= 11 is 5.49. The molecular formula is C8H13ClO. The van der Waals surface area contributed by atoms with E-state index in [2.05, 4.69) is 27.0 Å². The second kappa shape index (κ2) is 4.40. The fourth-order valence-corrected chi connectivity index (χ4v) is 0.400. The lowest BCUT2D eigenvalue weighted by molar-refractivity contribution is 0.190. The maximum absolute atomic E-state index is 5.49. The molecule has 0 saturated heterocycles. The van der Waals surface area contributed by atoms with Crippen molar-refractivity contribution < 1.29 is 4.74 Å². The predicted molar refractivity (Wildman–Crippen MR) is 44.9 cm³/mol. The molecule has 0 saturated carbocycles. The van der Waals surface area contributed by atoms with Crippen molar-refractivity contribution >= 4 is 11.6 Å². The molecule has 0 amide bonds. The summed E-state index contributed by atoms with van der Waals surface area (Å²) in [6.45, 7) is 11.8. The Bertz CT molecular complexity index is 138. The molecule has 0 bridgehead atoms. The van der Waals surface area contributed by atoms with E-state index in [0.717, 1.165) is 0 Å². The summed E-state index contributed by atoms with van der Waals surface area (Å²) in [7, 11) is 0. The Morgan fingerprint density at radius 2 is 2.00 bits per heavy atom. The third-order valence-electron chi connectivity index (χ3n) is 0.893. The molecule has 0 fully saturated rings. The van der Waals surface area contributed by atoms with Gasteiger partial charge in [0.1, 0.15) is 5.76 Å². The number of hydrogen-bond acceptors (Lipinski definition) is 1. The van der Waals surface area contributed by atoms with Crippen LogP contribution in [0.3, 0.4) is 0 Å². The summed E-state index contributed by atoms with van der Waals surface area (Å²) in [4.78, 5) is 0. The summed E-state index contributed by atoms with van der Waals surface area (Å²) in [5, 5.41) is 0.376. The molecule has 0 unspecified atom stereocenters. The SMILES string of the molecule is C=C(Cl)C(=C)OCC(C)C. The highest BCUT2D eigenvalue weighted by atomic mass is 35.5. The minimum Gasteiger partial charge on any atom is -0.492 e. The van der Waals surface area contributed by atoms with Gasteiger partial charge >= 0.3 is 0 Å². The van der Waals surface area contributed by atoms with Crippen LogP contribution in [0.1, 0.15) is 13.8 Å². The minimum absolute atomic E-state index is 0.376. The van der Waals surface area contributed by atoms with Crippen LogP contribution in [0.2, 0.25) is 0 Å². The van der Waals surface area contributed by atoms with Crippen molar-refractivity contribution in [1.29, 1.82) is 0 Å². The van der Waals surface area contributed by atoms with E-state index < -0.39 is 0 Å². The van der Waals surface area contributed by atoms with Gasteiger partial charge in [-0.2, -0.15) is 0 Å². The smallest absolute Gasteiger partial charge is 0.130 e. The third-order valence-corrected chi connectivity index (χ3v) is 1.10. The Labute approximate surface area is 67.3 Å². The van der Waals surface area contributed by atoms with Gasteiger partial charge in [0.05, 0.1) is 11.6 Å². The van der Waals surface area contributed by atoms with Crippen molar-refractivity contribution in [3.8, 4) is 0 Å². The van der Waals surface area contributed by atoms with Crippen LogP contribution in [0.25, 0.3) is 0 Å². The first kappa shape index (κ1) is 9.57. The first-order valence-electron chi connectivity index (χ1n) is 3.20. The Kier molecular flexibility index (Phi) is 4.21. The van der Waals surface area contributed by atoms with E-state index in [-0.39, 0.29) is 0 Å². The average Bonchev–Trinajstić information content (AvgIpc) is 1.82. The van der Waals surface area contributed by atoms with Crippen LogP contribution in [0.5, 0.6) is 0 Å². The lowest BCUT2D eigenvalue weighted by Crippen LogP contribution is -2.00. The normalized spacial score (nSPS) is 9.60. The average molecular weight is 161 g/mol. The maximum Gasteiger partial charge on any atom is 0.130 e. The van der Waals surface area contributed by atoms with E-state index >= 15 is 0 Å². The molecule has 0 aliphatic carbocycles. The molecule has 0 N–H and O–H groups in total. The highest BCUT2D eigenvalue weighted by molar-refractivity contribution is 6.31. The molecule has 0 rings (SSSR count). The number of ether oxygens (including phenoxy) is 1. The van der Waals surface area contributed by atoms with E-state index in [1.54, 1.807) is 0 Å². The second-order valence-electron chi connectivity index (χ2n) is 2.53. The molecule has 58 valence electrons. The second-order valence-corrected chi connectivity index (χ2v) is 2.99. The molecule has 0 aromatic heterocycles. The topological polar surface area (TPSA) is 9.23 Å². The summed E-state index contributed by atoms with van der Waals surface area (Å²) in [5.74, 6) is 0.961. The van der Waals surface area contributed by atoms with Crippen LogP contribution in [0.4, 0.5) is 0 Å². The van der Waals surface area contributed by atoms with E-state index in [1.165, 1.54) is 0 Å². The molecule has 10 heavy (non-hydrogen) atoms. The summed E-state index contributed by atoms with van der Waals surface area (Å²) in [6, 6.07) is 0. The molecule has 0 aliphatic rings. The van der Waals surface area contributed by atoms with Gasteiger partial charge in [-0.1, -0.05) is 38.6 Å². The van der Waals surface area contributed by atoms with Gasteiger partial charge < -0.3 is 4.74 Å². The van der Waals surface area contributed by atoms with Crippen molar-refractivity contribution in [2.24, 2.45) is 5.92 Å². The zero-order valence-corrected chi connectivity index (χ0v) is 7.24. The van der Waals surface area contributed by atoms with Crippen LogP contribution in [-0.2, 0) is 4.74 Å². The van der Waals surface area contributed by atoms with E-state index in [0.29, 0.717) is 23.3 Å². The number of halogens is 1.